The minimum absolute atomic E-state index is 0.197. The lowest BCUT2D eigenvalue weighted by Gasteiger charge is -2.08. The second-order valence-corrected chi connectivity index (χ2v) is 3.80. The van der Waals surface area contributed by atoms with Crippen molar-refractivity contribution in [1.82, 2.24) is 4.98 Å². The van der Waals surface area contributed by atoms with Gasteiger partial charge in [0.1, 0.15) is 11.9 Å². The van der Waals surface area contributed by atoms with Crippen LogP contribution in [0.2, 0.25) is 0 Å². The molecule has 0 saturated carbocycles. The number of nitrogens with zero attached hydrogens (tertiary/aromatic N) is 2. The van der Waals surface area contributed by atoms with E-state index in [4.69, 9.17) is 10.00 Å². The molecular formula is C13H17N3O2. The van der Waals surface area contributed by atoms with Gasteiger partial charge in [-0.3, -0.25) is 4.79 Å². The number of hydrogen-bond acceptors (Lipinski definition) is 5. The van der Waals surface area contributed by atoms with Gasteiger partial charge in [-0.15, -0.1) is 0 Å². The molecule has 5 heteroatoms. The third-order valence-corrected chi connectivity index (χ3v) is 2.43. The van der Waals surface area contributed by atoms with Gasteiger partial charge in [0, 0.05) is 19.2 Å². The van der Waals surface area contributed by atoms with Crippen LogP contribution in [0, 0.1) is 18.3 Å². The smallest absolute Gasteiger partial charge is 0.305 e. The van der Waals surface area contributed by atoms with Gasteiger partial charge in [-0.1, -0.05) is 0 Å². The first-order valence-electron chi connectivity index (χ1n) is 5.94. The number of nitrogens with one attached hydrogen (secondary N) is 1. The molecule has 1 aromatic rings. The van der Waals surface area contributed by atoms with Crippen molar-refractivity contribution in [3.8, 4) is 6.07 Å². The molecule has 0 spiro atoms. The van der Waals surface area contributed by atoms with E-state index < -0.39 is 0 Å². The molecule has 0 saturated heterocycles. The first-order valence-corrected chi connectivity index (χ1v) is 5.94. The zero-order chi connectivity index (χ0) is 13.4. The summed E-state index contributed by atoms with van der Waals surface area (Å²) >= 11 is 0. The molecule has 96 valence electrons. The van der Waals surface area contributed by atoms with Crippen molar-refractivity contribution < 1.29 is 9.53 Å². The van der Waals surface area contributed by atoms with Crippen LogP contribution in [0.1, 0.15) is 30.9 Å². The summed E-state index contributed by atoms with van der Waals surface area (Å²) in [5.74, 6) is 0.373. The normalized spacial score (nSPS) is 9.61. The maximum Gasteiger partial charge on any atom is 0.305 e. The van der Waals surface area contributed by atoms with Gasteiger partial charge >= 0.3 is 5.97 Å². The van der Waals surface area contributed by atoms with Crippen LogP contribution in [0.25, 0.3) is 0 Å². The van der Waals surface area contributed by atoms with E-state index in [1.165, 1.54) is 0 Å². The van der Waals surface area contributed by atoms with Crippen LogP contribution >= 0.6 is 0 Å². The third-order valence-electron chi connectivity index (χ3n) is 2.43. The van der Waals surface area contributed by atoms with E-state index in [0.29, 0.717) is 37.4 Å². The maximum absolute atomic E-state index is 11.1. The molecule has 0 amide bonds. The quantitative estimate of drug-likeness (QED) is 0.614. The summed E-state index contributed by atoms with van der Waals surface area (Å²) in [4.78, 5) is 15.2. The summed E-state index contributed by atoms with van der Waals surface area (Å²) in [6.07, 6.45) is 2.68. The van der Waals surface area contributed by atoms with Crippen molar-refractivity contribution in [3.05, 3.63) is 23.4 Å². The van der Waals surface area contributed by atoms with Gasteiger partial charge < -0.3 is 10.1 Å². The van der Waals surface area contributed by atoms with E-state index in [9.17, 15) is 4.79 Å². The fraction of sp³-hybridized carbons (Fsp3) is 0.462. The van der Waals surface area contributed by atoms with Crippen molar-refractivity contribution in [2.24, 2.45) is 0 Å². The Morgan fingerprint density at radius 3 is 3.06 bits per heavy atom. The third kappa shape index (κ3) is 4.06. The van der Waals surface area contributed by atoms with E-state index >= 15 is 0 Å². The predicted molar refractivity (Wildman–Crippen MR) is 68.0 cm³/mol. The van der Waals surface area contributed by atoms with Gasteiger partial charge in [0.05, 0.1) is 12.2 Å². The predicted octanol–water partition coefficient (Wildman–Crippen LogP) is 2.02. The first kappa shape index (κ1) is 14.0. The zero-order valence-electron chi connectivity index (χ0n) is 10.7. The Balaban J connectivity index is 2.43. The Labute approximate surface area is 107 Å². The highest BCUT2D eigenvalue weighted by Gasteiger charge is 2.06. The monoisotopic (exact) mass is 247 g/mol. The van der Waals surface area contributed by atoms with E-state index in [0.717, 1.165) is 5.56 Å². The molecule has 0 aromatic carbocycles. The minimum atomic E-state index is -0.197. The first-order chi connectivity index (χ1) is 8.69. The fourth-order valence-corrected chi connectivity index (χ4v) is 1.51. The van der Waals surface area contributed by atoms with E-state index in [2.05, 4.69) is 16.4 Å². The Morgan fingerprint density at radius 2 is 2.39 bits per heavy atom. The largest absolute Gasteiger partial charge is 0.466 e. The molecule has 0 aliphatic heterocycles. The Morgan fingerprint density at radius 1 is 1.61 bits per heavy atom. The number of rotatable bonds is 6. The van der Waals surface area contributed by atoms with Gasteiger partial charge in [-0.05, 0) is 31.9 Å². The number of hydrogen-bond donors (Lipinski definition) is 1. The molecule has 0 atom stereocenters. The number of esters is 1. The van der Waals surface area contributed by atoms with Crippen molar-refractivity contribution in [3.63, 3.8) is 0 Å². The van der Waals surface area contributed by atoms with E-state index in [1.807, 2.05) is 6.92 Å². The molecule has 0 radical (unpaired) electrons. The maximum atomic E-state index is 11.1. The Kier molecular flexibility index (Phi) is 5.65. The lowest BCUT2D eigenvalue weighted by molar-refractivity contribution is -0.143. The van der Waals surface area contributed by atoms with Gasteiger partial charge in [-0.2, -0.15) is 5.26 Å². The number of ether oxygens (including phenoxy) is 1. The lowest BCUT2D eigenvalue weighted by atomic mass is 10.1. The topological polar surface area (TPSA) is 75.0 Å². The molecule has 0 aliphatic rings. The minimum Gasteiger partial charge on any atom is -0.466 e. The highest BCUT2D eigenvalue weighted by Crippen LogP contribution is 2.14. The Hall–Kier alpha value is -2.09. The number of aromatic nitrogens is 1. The van der Waals surface area contributed by atoms with Crippen molar-refractivity contribution in [2.75, 3.05) is 18.5 Å². The SMILES string of the molecule is CCOC(=O)CCCNc1nccc(C)c1C#N. The summed E-state index contributed by atoms with van der Waals surface area (Å²) in [6, 6.07) is 3.91. The second kappa shape index (κ2) is 7.28. The molecule has 1 heterocycles. The van der Waals surface area contributed by atoms with Crippen LogP contribution in [-0.2, 0) is 9.53 Å². The highest BCUT2D eigenvalue weighted by molar-refractivity contribution is 5.69. The number of nitriles is 1. The van der Waals surface area contributed by atoms with Gasteiger partial charge in [-0.25, -0.2) is 4.98 Å². The van der Waals surface area contributed by atoms with Crippen molar-refractivity contribution in [1.29, 1.82) is 5.26 Å². The van der Waals surface area contributed by atoms with E-state index in [-0.39, 0.29) is 5.97 Å². The molecule has 5 nitrogen and oxygen atoms in total. The lowest BCUT2D eigenvalue weighted by Crippen LogP contribution is -2.10. The van der Waals surface area contributed by atoms with Gasteiger partial charge in [0.15, 0.2) is 0 Å². The van der Waals surface area contributed by atoms with Crippen LogP contribution in [-0.4, -0.2) is 24.1 Å². The molecule has 0 fully saturated rings. The number of aryl methyl sites for hydroxylation is 1. The highest BCUT2D eigenvalue weighted by atomic mass is 16.5. The molecule has 0 aliphatic carbocycles. The number of pyridine rings is 1. The van der Waals surface area contributed by atoms with Crippen LogP contribution in [0.3, 0.4) is 0 Å². The Bertz CT molecular complexity index is 452. The number of carbonyl (C=O) groups is 1. The van der Waals surface area contributed by atoms with Gasteiger partial charge in [0.25, 0.3) is 0 Å². The number of anilines is 1. The van der Waals surface area contributed by atoms with Gasteiger partial charge in [0.2, 0.25) is 0 Å². The summed E-state index contributed by atoms with van der Waals surface area (Å²) in [6.45, 7) is 4.64. The van der Waals surface area contributed by atoms with Crippen LogP contribution in [0.5, 0.6) is 0 Å². The average molecular weight is 247 g/mol. The number of carbonyl (C=O) groups excluding carboxylic acids is 1. The fourth-order valence-electron chi connectivity index (χ4n) is 1.51. The molecule has 0 unspecified atom stereocenters. The summed E-state index contributed by atoms with van der Waals surface area (Å²) in [7, 11) is 0. The molecular weight excluding hydrogens is 230 g/mol. The average Bonchev–Trinajstić information content (AvgIpc) is 2.35. The van der Waals surface area contributed by atoms with Crippen LogP contribution < -0.4 is 5.32 Å². The summed E-state index contributed by atoms with van der Waals surface area (Å²) in [5, 5.41) is 12.1. The molecule has 1 rings (SSSR count). The summed E-state index contributed by atoms with van der Waals surface area (Å²) < 4.78 is 4.82. The van der Waals surface area contributed by atoms with Crippen LogP contribution in [0.15, 0.2) is 12.3 Å². The standard InChI is InChI=1S/C13H17N3O2/c1-3-18-12(17)5-4-7-15-13-11(9-14)10(2)6-8-16-13/h6,8H,3-5,7H2,1-2H3,(H,15,16). The summed E-state index contributed by atoms with van der Waals surface area (Å²) in [5.41, 5.74) is 1.44. The molecule has 1 N–H and O–H groups in total. The van der Waals surface area contributed by atoms with Crippen LogP contribution in [0.4, 0.5) is 5.82 Å². The van der Waals surface area contributed by atoms with E-state index in [1.54, 1.807) is 19.2 Å². The molecule has 18 heavy (non-hydrogen) atoms. The second-order valence-electron chi connectivity index (χ2n) is 3.80. The zero-order valence-corrected chi connectivity index (χ0v) is 10.7. The molecule has 1 aromatic heterocycles. The van der Waals surface area contributed by atoms with Crippen molar-refractivity contribution >= 4 is 11.8 Å². The van der Waals surface area contributed by atoms with Crippen molar-refractivity contribution in [2.45, 2.75) is 26.7 Å². The molecule has 0 bridgehead atoms.